The maximum absolute atomic E-state index is 13.7. The van der Waals surface area contributed by atoms with Crippen LogP contribution in [0.1, 0.15) is 43.7 Å². The lowest BCUT2D eigenvalue weighted by Gasteiger charge is -2.30. The van der Waals surface area contributed by atoms with Gasteiger partial charge in [0, 0.05) is 5.56 Å². The van der Waals surface area contributed by atoms with Crippen molar-refractivity contribution >= 4 is 12.4 Å². The summed E-state index contributed by atoms with van der Waals surface area (Å²) in [4.78, 5) is 0. The molecule has 126 valence electrons. The third-order valence-electron chi connectivity index (χ3n) is 4.08. The van der Waals surface area contributed by atoms with Crippen LogP contribution in [0.15, 0.2) is 0 Å². The highest BCUT2D eigenvalue weighted by atomic mass is 35.5. The molecule has 2 rings (SSSR count). The van der Waals surface area contributed by atoms with Crippen LogP contribution in [0.2, 0.25) is 0 Å². The lowest BCUT2D eigenvalue weighted by atomic mass is 9.81. The molecule has 2 atom stereocenters. The minimum Gasteiger partial charge on any atom is -0.391 e. The van der Waals surface area contributed by atoms with E-state index in [0.717, 1.165) is 19.3 Å². The van der Waals surface area contributed by atoms with Gasteiger partial charge >= 0.3 is 0 Å². The molecule has 0 aromatic heterocycles. The van der Waals surface area contributed by atoms with Crippen LogP contribution in [-0.4, -0.2) is 11.2 Å². The third-order valence-corrected chi connectivity index (χ3v) is 4.08. The summed E-state index contributed by atoms with van der Waals surface area (Å²) < 4.78 is 66.7. The molecular weight excluding hydrogens is 329 g/mol. The number of hydrogen-bond donors (Lipinski definition) is 2. The summed E-state index contributed by atoms with van der Waals surface area (Å²) in [6.07, 6.45) is 2.55. The molecule has 0 bridgehead atoms. The second-order valence-corrected chi connectivity index (χ2v) is 5.40. The van der Waals surface area contributed by atoms with Crippen LogP contribution in [0, 0.1) is 35.0 Å². The molecule has 1 saturated carbocycles. The predicted octanol–water partition coefficient (Wildman–Crippen LogP) is 3.74. The SMILES string of the molecule is Cl.N[C@H](c1c(F)c(F)c(F)c(F)c1F)[C@@H](O)C1CCCCC1. The summed E-state index contributed by atoms with van der Waals surface area (Å²) in [5.74, 6) is -10.6. The lowest BCUT2D eigenvalue weighted by Crippen LogP contribution is -2.36. The Morgan fingerprint density at radius 2 is 1.23 bits per heavy atom. The molecule has 0 radical (unpaired) electrons. The van der Waals surface area contributed by atoms with Gasteiger partial charge in [-0.15, -0.1) is 12.4 Å². The molecular formula is C14H17ClF5NO. The highest BCUT2D eigenvalue weighted by Gasteiger charge is 2.35. The normalized spacial score (nSPS) is 18.7. The second kappa shape index (κ2) is 7.57. The Balaban J connectivity index is 0.00000242. The molecule has 1 fully saturated rings. The first-order chi connectivity index (χ1) is 9.86. The van der Waals surface area contributed by atoms with Crippen molar-refractivity contribution in [2.24, 2.45) is 11.7 Å². The highest BCUT2D eigenvalue weighted by molar-refractivity contribution is 5.85. The van der Waals surface area contributed by atoms with Crippen molar-refractivity contribution in [2.75, 3.05) is 0 Å². The second-order valence-electron chi connectivity index (χ2n) is 5.40. The van der Waals surface area contributed by atoms with Crippen molar-refractivity contribution in [3.63, 3.8) is 0 Å². The van der Waals surface area contributed by atoms with Crippen LogP contribution in [-0.2, 0) is 0 Å². The van der Waals surface area contributed by atoms with Crippen molar-refractivity contribution in [1.82, 2.24) is 0 Å². The van der Waals surface area contributed by atoms with E-state index < -0.39 is 46.8 Å². The molecule has 0 unspecified atom stereocenters. The van der Waals surface area contributed by atoms with Gasteiger partial charge in [0.25, 0.3) is 0 Å². The van der Waals surface area contributed by atoms with Gasteiger partial charge in [0.15, 0.2) is 23.3 Å². The fraction of sp³-hybridized carbons (Fsp3) is 0.571. The number of nitrogens with two attached hydrogens (primary N) is 1. The van der Waals surface area contributed by atoms with Gasteiger partial charge in [0.1, 0.15) is 0 Å². The molecule has 0 spiro atoms. The van der Waals surface area contributed by atoms with Crippen LogP contribution in [0.25, 0.3) is 0 Å². The molecule has 0 amide bonds. The molecule has 0 aliphatic heterocycles. The number of rotatable bonds is 3. The summed E-state index contributed by atoms with van der Waals surface area (Å²) in [6, 6.07) is -1.65. The van der Waals surface area contributed by atoms with Crippen LogP contribution >= 0.6 is 12.4 Å². The third kappa shape index (κ3) is 3.36. The number of benzene rings is 1. The van der Waals surface area contributed by atoms with Crippen molar-refractivity contribution in [3.05, 3.63) is 34.6 Å². The first-order valence-electron chi connectivity index (χ1n) is 6.81. The van der Waals surface area contributed by atoms with Gasteiger partial charge in [-0.25, -0.2) is 22.0 Å². The maximum atomic E-state index is 13.7. The Kier molecular flexibility index (Phi) is 6.58. The van der Waals surface area contributed by atoms with Gasteiger partial charge in [-0.3, -0.25) is 0 Å². The topological polar surface area (TPSA) is 46.2 Å². The summed E-state index contributed by atoms with van der Waals surface area (Å²) in [5.41, 5.74) is 4.42. The van der Waals surface area contributed by atoms with E-state index in [1.54, 1.807) is 0 Å². The first-order valence-corrected chi connectivity index (χ1v) is 6.81. The van der Waals surface area contributed by atoms with E-state index in [-0.39, 0.29) is 18.3 Å². The minimum atomic E-state index is -2.23. The highest BCUT2D eigenvalue weighted by Crippen LogP contribution is 2.34. The number of hydrogen-bond acceptors (Lipinski definition) is 2. The molecule has 1 aliphatic carbocycles. The molecule has 8 heteroatoms. The average molecular weight is 346 g/mol. The van der Waals surface area contributed by atoms with E-state index in [9.17, 15) is 27.1 Å². The van der Waals surface area contributed by atoms with Crippen LogP contribution in [0.4, 0.5) is 22.0 Å². The maximum Gasteiger partial charge on any atom is 0.200 e. The fourth-order valence-electron chi connectivity index (χ4n) is 2.85. The van der Waals surface area contributed by atoms with Crippen molar-refractivity contribution in [3.8, 4) is 0 Å². The number of halogens is 6. The Labute approximate surface area is 130 Å². The van der Waals surface area contributed by atoms with Gasteiger partial charge in [0.2, 0.25) is 5.82 Å². The molecule has 1 aromatic rings. The minimum absolute atomic E-state index is 0. The Morgan fingerprint density at radius 1 is 0.818 bits per heavy atom. The van der Waals surface area contributed by atoms with Gasteiger partial charge in [-0.2, -0.15) is 0 Å². The zero-order valence-corrected chi connectivity index (χ0v) is 12.4. The van der Waals surface area contributed by atoms with E-state index in [1.165, 1.54) is 0 Å². The Morgan fingerprint density at radius 3 is 1.68 bits per heavy atom. The summed E-state index contributed by atoms with van der Waals surface area (Å²) in [6.45, 7) is 0. The zero-order chi connectivity index (χ0) is 15.7. The smallest absolute Gasteiger partial charge is 0.200 e. The first kappa shape index (κ1) is 19.1. The van der Waals surface area contributed by atoms with Crippen molar-refractivity contribution < 1.29 is 27.1 Å². The average Bonchev–Trinajstić information content (AvgIpc) is 2.51. The summed E-state index contributed by atoms with van der Waals surface area (Å²) >= 11 is 0. The van der Waals surface area contributed by atoms with Gasteiger partial charge in [-0.05, 0) is 18.8 Å². The molecule has 0 heterocycles. The van der Waals surface area contributed by atoms with Crippen LogP contribution in [0.3, 0.4) is 0 Å². The molecule has 3 N–H and O–H groups in total. The number of aliphatic hydroxyl groups excluding tert-OH is 1. The zero-order valence-electron chi connectivity index (χ0n) is 11.6. The van der Waals surface area contributed by atoms with Crippen LogP contribution < -0.4 is 5.73 Å². The molecule has 2 nitrogen and oxygen atoms in total. The summed E-state index contributed by atoms with van der Waals surface area (Å²) in [7, 11) is 0. The van der Waals surface area contributed by atoms with Crippen molar-refractivity contribution in [2.45, 2.75) is 44.2 Å². The van der Waals surface area contributed by atoms with Crippen LogP contribution in [0.5, 0.6) is 0 Å². The van der Waals surface area contributed by atoms with E-state index in [1.807, 2.05) is 0 Å². The van der Waals surface area contributed by atoms with E-state index in [4.69, 9.17) is 5.73 Å². The van der Waals surface area contributed by atoms with Crippen molar-refractivity contribution in [1.29, 1.82) is 0 Å². The molecule has 0 saturated heterocycles. The quantitative estimate of drug-likeness (QED) is 0.498. The fourth-order valence-corrected chi connectivity index (χ4v) is 2.85. The van der Waals surface area contributed by atoms with Gasteiger partial charge in [-0.1, -0.05) is 19.3 Å². The Hall–Kier alpha value is -0.920. The lowest BCUT2D eigenvalue weighted by molar-refractivity contribution is 0.0590. The van der Waals surface area contributed by atoms with E-state index in [0.29, 0.717) is 12.8 Å². The molecule has 1 aliphatic rings. The monoisotopic (exact) mass is 345 g/mol. The van der Waals surface area contributed by atoms with Gasteiger partial charge < -0.3 is 10.8 Å². The summed E-state index contributed by atoms with van der Waals surface area (Å²) in [5, 5.41) is 10.1. The molecule has 22 heavy (non-hydrogen) atoms. The Bertz CT molecular complexity index is 507. The largest absolute Gasteiger partial charge is 0.391 e. The van der Waals surface area contributed by atoms with E-state index in [2.05, 4.69) is 0 Å². The van der Waals surface area contributed by atoms with E-state index >= 15 is 0 Å². The molecule has 1 aromatic carbocycles. The standard InChI is InChI=1S/C14H16F5NO.ClH/c15-8-7(9(16)11(18)12(19)10(8)17)13(20)14(21)6-4-2-1-3-5-6;/h6,13-14,21H,1-5,20H2;1H/t13-,14+;/m1./s1. The van der Waals surface area contributed by atoms with Gasteiger partial charge in [0.05, 0.1) is 12.1 Å². The number of aliphatic hydroxyl groups is 1. The predicted molar refractivity (Wildman–Crippen MR) is 73.0 cm³/mol.